The van der Waals surface area contributed by atoms with Crippen LogP contribution in [-0.2, 0) is 0 Å². The zero-order valence-electron chi connectivity index (χ0n) is 11.1. The second-order valence-corrected chi connectivity index (χ2v) is 5.88. The number of halogens is 5. The molecule has 0 saturated heterocycles. The Balaban J connectivity index is 5.45. The van der Waals surface area contributed by atoms with Gasteiger partial charge in [0.25, 0.3) is 0 Å². The van der Waals surface area contributed by atoms with E-state index >= 15 is 0 Å². The maximum atomic E-state index is 13.7. The summed E-state index contributed by atoms with van der Waals surface area (Å²) in [5.74, 6) is 0. The van der Waals surface area contributed by atoms with Crippen molar-refractivity contribution in [2.75, 3.05) is 26.2 Å². The summed E-state index contributed by atoms with van der Waals surface area (Å²) in [5.41, 5.74) is -4.68. The number of rotatable bonds is 7. The third-order valence-electron chi connectivity index (χ3n) is 2.59. The number of alkyl halides is 5. The topological polar surface area (TPSA) is 6.48 Å². The van der Waals surface area contributed by atoms with Crippen LogP contribution < -0.4 is 0 Å². The largest absolute Gasteiger partial charge is 0.460 e. The zero-order chi connectivity index (χ0) is 14.6. The van der Waals surface area contributed by atoms with Crippen molar-refractivity contribution >= 4 is 8.22 Å². The van der Waals surface area contributed by atoms with Gasteiger partial charge in [-0.15, -0.1) is 0 Å². The fourth-order valence-corrected chi connectivity index (χ4v) is 4.00. The van der Waals surface area contributed by atoms with E-state index in [9.17, 15) is 22.0 Å². The fourth-order valence-electron chi connectivity index (χ4n) is 1.63. The van der Waals surface area contributed by atoms with Crippen molar-refractivity contribution in [2.24, 2.45) is 0 Å². The van der Waals surface area contributed by atoms with Gasteiger partial charge in [0.15, 0.2) is 0 Å². The van der Waals surface area contributed by atoms with Crippen LogP contribution in [0.4, 0.5) is 22.0 Å². The molecule has 0 saturated carbocycles. The van der Waals surface area contributed by atoms with E-state index < -0.39 is 20.1 Å². The van der Waals surface area contributed by atoms with E-state index in [0.29, 0.717) is 0 Å². The predicted octanol–water partition coefficient (Wildman–Crippen LogP) is 4.14. The van der Waals surface area contributed by atoms with Crippen LogP contribution in [0.25, 0.3) is 0 Å². The highest BCUT2D eigenvalue weighted by molar-refractivity contribution is 7.54. The normalized spacial score (nSPS) is 14.0. The Bertz CT molecular complexity index is 227. The molecule has 0 aromatic rings. The standard InChI is InChI=1S/C10H20F5N2P/c1-5-16(6-2)18(17(7-3)8-4)10(14,15)9(11,12)13/h5-8H2,1-4H3. The maximum absolute atomic E-state index is 13.7. The first-order valence-electron chi connectivity index (χ1n) is 5.91. The third kappa shape index (κ3) is 3.75. The van der Waals surface area contributed by atoms with E-state index in [4.69, 9.17) is 0 Å². The lowest BCUT2D eigenvalue weighted by Crippen LogP contribution is -2.45. The lowest BCUT2D eigenvalue weighted by molar-refractivity contribution is -0.243. The summed E-state index contributed by atoms with van der Waals surface area (Å²) < 4.78 is 67.4. The molecule has 0 aliphatic rings. The van der Waals surface area contributed by atoms with Crippen LogP contribution in [0, 0.1) is 0 Å². The first-order chi connectivity index (χ1) is 8.17. The third-order valence-corrected chi connectivity index (χ3v) is 5.55. The number of hydrogen-bond donors (Lipinski definition) is 0. The predicted molar refractivity (Wildman–Crippen MR) is 63.8 cm³/mol. The van der Waals surface area contributed by atoms with Gasteiger partial charge in [0.1, 0.15) is 8.22 Å². The van der Waals surface area contributed by atoms with Crippen molar-refractivity contribution < 1.29 is 22.0 Å². The summed E-state index contributed by atoms with van der Waals surface area (Å²) >= 11 is 0. The van der Waals surface area contributed by atoms with Crippen molar-refractivity contribution in [2.45, 2.75) is 39.5 Å². The Labute approximate surface area is 106 Å². The van der Waals surface area contributed by atoms with Crippen molar-refractivity contribution in [1.29, 1.82) is 0 Å². The van der Waals surface area contributed by atoms with Crippen LogP contribution in [0.15, 0.2) is 0 Å². The molecule has 18 heavy (non-hydrogen) atoms. The molecule has 110 valence electrons. The van der Waals surface area contributed by atoms with Gasteiger partial charge < -0.3 is 0 Å². The molecule has 0 unspecified atom stereocenters. The highest BCUT2D eigenvalue weighted by atomic mass is 31.1. The second kappa shape index (κ2) is 6.96. The SMILES string of the molecule is CCN(CC)P(N(CC)CC)C(F)(F)C(F)(F)F. The molecule has 0 aliphatic carbocycles. The molecule has 0 heterocycles. The molecular formula is C10H20F5N2P. The first kappa shape index (κ1) is 18.0. The lowest BCUT2D eigenvalue weighted by Gasteiger charge is -2.41. The Morgan fingerprint density at radius 1 is 0.722 bits per heavy atom. The molecule has 0 rings (SSSR count). The van der Waals surface area contributed by atoms with Crippen LogP contribution in [0.3, 0.4) is 0 Å². The molecule has 0 fully saturated rings. The molecule has 8 heteroatoms. The number of hydrogen-bond acceptors (Lipinski definition) is 2. The van der Waals surface area contributed by atoms with Crippen molar-refractivity contribution in [3.05, 3.63) is 0 Å². The minimum atomic E-state index is -5.51. The lowest BCUT2D eigenvalue weighted by atomic mass is 10.7. The van der Waals surface area contributed by atoms with Gasteiger partial charge in [0.05, 0.1) is 0 Å². The fraction of sp³-hybridized carbons (Fsp3) is 1.00. The Morgan fingerprint density at radius 2 is 1.00 bits per heavy atom. The van der Waals surface area contributed by atoms with E-state index in [1.165, 1.54) is 9.34 Å². The zero-order valence-corrected chi connectivity index (χ0v) is 12.0. The van der Waals surface area contributed by atoms with Crippen LogP contribution in [0.2, 0.25) is 0 Å². The van der Waals surface area contributed by atoms with Gasteiger partial charge in [0, 0.05) is 26.2 Å². The molecule has 0 bridgehead atoms. The highest BCUT2D eigenvalue weighted by Crippen LogP contribution is 2.63. The van der Waals surface area contributed by atoms with Crippen molar-refractivity contribution in [3.63, 3.8) is 0 Å². The van der Waals surface area contributed by atoms with Crippen LogP contribution in [0.5, 0.6) is 0 Å². The van der Waals surface area contributed by atoms with Gasteiger partial charge in [-0.3, -0.25) is 9.34 Å². The van der Waals surface area contributed by atoms with Crippen molar-refractivity contribution in [3.8, 4) is 0 Å². The summed E-state index contributed by atoms with van der Waals surface area (Å²) in [5, 5.41) is 0. The summed E-state index contributed by atoms with van der Waals surface area (Å²) in [4.78, 5) is 0. The molecular weight excluding hydrogens is 274 g/mol. The first-order valence-corrected chi connectivity index (χ1v) is 7.16. The smallest absolute Gasteiger partial charge is 0.265 e. The molecule has 0 N–H and O–H groups in total. The van der Waals surface area contributed by atoms with Gasteiger partial charge in [-0.25, -0.2) is 0 Å². The van der Waals surface area contributed by atoms with Gasteiger partial charge in [-0.1, -0.05) is 27.7 Å². The average molecular weight is 294 g/mol. The molecule has 0 amide bonds. The van der Waals surface area contributed by atoms with E-state index in [-0.39, 0.29) is 26.2 Å². The second-order valence-electron chi connectivity index (χ2n) is 3.61. The van der Waals surface area contributed by atoms with E-state index in [0.717, 1.165) is 0 Å². The summed E-state index contributed by atoms with van der Waals surface area (Å²) in [7, 11) is -2.71. The Morgan fingerprint density at radius 3 is 1.17 bits per heavy atom. The Hall–Kier alpha value is 0. The van der Waals surface area contributed by atoms with Gasteiger partial charge in [-0.05, 0) is 0 Å². The van der Waals surface area contributed by atoms with Gasteiger partial charge in [0.2, 0.25) is 0 Å². The van der Waals surface area contributed by atoms with Crippen LogP contribution >= 0.6 is 8.22 Å². The summed E-state index contributed by atoms with van der Waals surface area (Å²) in [6.07, 6.45) is -5.51. The molecule has 0 aliphatic heterocycles. The molecule has 0 aromatic carbocycles. The molecule has 0 atom stereocenters. The van der Waals surface area contributed by atoms with Crippen LogP contribution in [-0.4, -0.2) is 47.4 Å². The molecule has 0 spiro atoms. The minimum absolute atomic E-state index is 0.171. The van der Waals surface area contributed by atoms with Crippen LogP contribution in [0.1, 0.15) is 27.7 Å². The monoisotopic (exact) mass is 294 g/mol. The molecule has 0 aromatic heterocycles. The Kier molecular flexibility index (Phi) is 6.96. The maximum Gasteiger partial charge on any atom is 0.460 e. The van der Waals surface area contributed by atoms with Crippen molar-refractivity contribution in [1.82, 2.24) is 9.34 Å². The van der Waals surface area contributed by atoms with Gasteiger partial charge in [-0.2, -0.15) is 22.0 Å². The van der Waals surface area contributed by atoms with E-state index in [2.05, 4.69) is 0 Å². The molecule has 0 radical (unpaired) electrons. The quantitative estimate of drug-likeness (QED) is 0.514. The van der Waals surface area contributed by atoms with Gasteiger partial charge >= 0.3 is 11.8 Å². The summed E-state index contributed by atoms with van der Waals surface area (Å²) in [6, 6.07) is 0. The number of nitrogens with zero attached hydrogens (tertiary/aromatic N) is 2. The average Bonchev–Trinajstić information content (AvgIpc) is 2.28. The minimum Gasteiger partial charge on any atom is -0.265 e. The summed E-state index contributed by atoms with van der Waals surface area (Å²) in [6.45, 7) is 7.05. The van der Waals surface area contributed by atoms with E-state index in [1.54, 1.807) is 27.7 Å². The van der Waals surface area contributed by atoms with E-state index in [1.807, 2.05) is 0 Å². The molecule has 2 nitrogen and oxygen atoms in total. The highest BCUT2D eigenvalue weighted by Gasteiger charge is 2.65.